The highest BCUT2D eigenvalue weighted by Gasteiger charge is 2.28. The zero-order chi connectivity index (χ0) is 21.9. The summed E-state index contributed by atoms with van der Waals surface area (Å²) in [5.41, 5.74) is 1.22. The molecular weight excluding hydrogens is 380 g/mol. The van der Waals surface area contributed by atoms with Gasteiger partial charge in [0, 0.05) is 26.7 Å². The monoisotopic (exact) mass is 418 g/mol. The maximum Gasteiger partial charge on any atom is 0.309 e. The average Bonchev–Trinajstić information content (AvgIpc) is 2.79. The van der Waals surface area contributed by atoms with Crippen molar-refractivity contribution in [3.63, 3.8) is 0 Å². The Labute approximate surface area is 181 Å². The first-order chi connectivity index (χ1) is 14.6. The lowest BCUT2D eigenvalue weighted by Gasteiger charge is -2.35. The van der Waals surface area contributed by atoms with Gasteiger partial charge in [-0.15, -0.1) is 0 Å². The summed E-state index contributed by atoms with van der Waals surface area (Å²) in [6.45, 7) is 11.0. The summed E-state index contributed by atoms with van der Waals surface area (Å²) in [5.74, 6) is 1.69. The van der Waals surface area contributed by atoms with Crippen LogP contribution in [0.3, 0.4) is 0 Å². The minimum Gasteiger partial charge on any atom is -0.497 e. The van der Waals surface area contributed by atoms with Gasteiger partial charge in [0.2, 0.25) is 0 Å². The molecule has 0 spiro atoms. The maximum atomic E-state index is 12.0. The highest BCUT2D eigenvalue weighted by atomic mass is 16.5. The Kier molecular flexibility index (Phi) is 9.94. The number of rotatable bonds is 9. The molecule has 0 aliphatic carbocycles. The van der Waals surface area contributed by atoms with Crippen LogP contribution in [-0.4, -0.2) is 75.2 Å². The quantitative estimate of drug-likeness (QED) is 0.378. The highest BCUT2D eigenvalue weighted by Crippen LogP contribution is 2.24. The third-order valence-electron chi connectivity index (χ3n) is 5.81. The lowest BCUT2D eigenvalue weighted by molar-refractivity contribution is -0.149. The molecule has 2 rings (SSSR count). The van der Waals surface area contributed by atoms with Gasteiger partial charge in [-0.1, -0.05) is 26.0 Å². The number of piperidine rings is 1. The standard InChI is InChI=1S/C23H38N4O3/c1-6-26(7-2)21(19-10-9-11-20(16-19)29-5)17-25-23(24-4)27-14-12-18(13-15-27)22(28)30-8-3/h9-11,16,18,21H,6-8,12-15,17H2,1-5H3,(H,24,25). The molecule has 1 atom stereocenters. The molecule has 0 bridgehead atoms. The second kappa shape index (κ2) is 12.4. The Morgan fingerprint density at radius 3 is 2.53 bits per heavy atom. The molecule has 1 fully saturated rings. The first-order valence-corrected chi connectivity index (χ1v) is 11.1. The van der Waals surface area contributed by atoms with E-state index >= 15 is 0 Å². The van der Waals surface area contributed by atoms with Crippen molar-refractivity contribution >= 4 is 11.9 Å². The lowest BCUT2D eigenvalue weighted by Crippen LogP contribution is -2.48. The average molecular weight is 419 g/mol. The number of nitrogens with one attached hydrogen (secondary N) is 1. The van der Waals surface area contributed by atoms with Crippen molar-refractivity contribution in [3.8, 4) is 5.75 Å². The largest absolute Gasteiger partial charge is 0.497 e. The lowest BCUT2D eigenvalue weighted by atomic mass is 9.97. The van der Waals surface area contributed by atoms with E-state index in [0.29, 0.717) is 6.61 Å². The number of guanidine groups is 1. The van der Waals surface area contributed by atoms with E-state index in [1.54, 1.807) is 7.11 Å². The molecule has 1 N–H and O–H groups in total. The molecule has 1 aliphatic rings. The fourth-order valence-corrected chi connectivity index (χ4v) is 4.08. The fraction of sp³-hybridized carbons (Fsp3) is 0.652. The van der Waals surface area contributed by atoms with E-state index in [2.05, 4.69) is 46.1 Å². The van der Waals surface area contributed by atoms with Gasteiger partial charge < -0.3 is 19.7 Å². The van der Waals surface area contributed by atoms with Gasteiger partial charge >= 0.3 is 5.97 Å². The summed E-state index contributed by atoms with van der Waals surface area (Å²) >= 11 is 0. The van der Waals surface area contributed by atoms with E-state index in [4.69, 9.17) is 9.47 Å². The normalized spacial score (nSPS) is 16.5. The molecular formula is C23H38N4O3. The Morgan fingerprint density at radius 1 is 1.27 bits per heavy atom. The molecule has 0 aromatic heterocycles. The second-order valence-electron chi connectivity index (χ2n) is 7.46. The first kappa shape index (κ1) is 24.0. The molecule has 0 saturated carbocycles. The molecule has 1 aliphatic heterocycles. The van der Waals surface area contributed by atoms with Crippen molar-refractivity contribution in [2.75, 3.05) is 53.5 Å². The summed E-state index contributed by atoms with van der Waals surface area (Å²) < 4.78 is 10.6. The zero-order valence-electron chi connectivity index (χ0n) is 19.2. The van der Waals surface area contributed by atoms with Crippen LogP contribution in [0.1, 0.15) is 45.2 Å². The number of ether oxygens (including phenoxy) is 2. The minimum absolute atomic E-state index is 0.000451. The topological polar surface area (TPSA) is 66.4 Å². The molecule has 30 heavy (non-hydrogen) atoms. The number of methoxy groups -OCH3 is 1. The number of aliphatic imine (C=N–C) groups is 1. The highest BCUT2D eigenvalue weighted by molar-refractivity contribution is 5.80. The Bertz CT molecular complexity index is 683. The predicted molar refractivity (Wildman–Crippen MR) is 121 cm³/mol. The number of benzene rings is 1. The van der Waals surface area contributed by atoms with Crippen molar-refractivity contribution in [2.45, 2.75) is 39.7 Å². The summed E-state index contributed by atoms with van der Waals surface area (Å²) in [6.07, 6.45) is 1.60. The van der Waals surface area contributed by atoms with Gasteiger partial charge in [-0.25, -0.2) is 0 Å². The van der Waals surface area contributed by atoms with E-state index < -0.39 is 0 Å². The summed E-state index contributed by atoms with van der Waals surface area (Å²) in [6, 6.07) is 8.49. The molecule has 1 unspecified atom stereocenters. The van der Waals surface area contributed by atoms with Crippen LogP contribution in [0.15, 0.2) is 29.3 Å². The molecule has 7 heteroatoms. The van der Waals surface area contributed by atoms with E-state index in [0.717, 1.165) is 57.3 Å². The maximum absolute atomic E-state index is 12.0. The van der Waals surface area contributed by atoms with Crippen LogP contribution >= 0.6 is 0 Å². The smallest absolute Gasteiger partial charge is 0.309 e. The molecule has 7 nitrogen and oxygen atoms in total. The summed E-state index contributed by atoms with van der Waals surface area (Å²) in [5, 5.41) is 3.57. The van der Waals surface area contributed by atoms with Crippen LogP contribution in [0.4, 0.5) is 0 Å². The summed E-state index contributed by atoms with van der Waals surface area (Å²) in [4.78, 5) is 21.2. The van der Waals surface area contributed by atoms with Gasteiger partial charge in [-0.3, -0.25) is 14.7 Å². The SMILES string of the molecule is CCOC(=O)C1CCN(C(=NC)NCC(c2cccc(OC)c2)N(CC)CC)CC1. The van der Waals surface area contributed by atoms with Crippen LogP contribution < -0.4 is 10.1 Å². The predicted octanol–water partition coefficient (Wildman–Crippen LogP) is 2.93. The van der Waals surface area contributed by atoms with Crippen molar-refractivity contribution in [1.82, 2.24) is 15.1 Å². The fourth-order valence-electron chi connectivity index (χ4n) is 4.08. The van der Waals surface area contributed by atoms with Crippen LogP contribution in [0.25, 0.3) is 0 Å². The van der Waals surface area contributed by atoms with Crippen molar-refractivity contribution in [3.05, 3.63) is 29.8 Å². The number of carbonyl (C=O) groups is 1. The molecule has 1 saturated heterocycles. The van der Waals surface area contributed by atoms with E-state index in [1.165, 1.54) is 5.56 Å². The van der Waals surface area contributed by atoms with Crippen LogP contribution in [-0.2, 0) is 9.53 Å². The van der Waals surface area contributed by atoms with Crippen molar-refractivity contribution in [1.29, 1.82) is 0 Å². The molecule has 0 radical (unpaired) electrons. The number of hydrogen-bond acceptors (Lipinski definition) is 5. The third-order valence-corrected chi connectivity index (χ3v) is 5.81. The van der Waals surface area contributed by atoms with Crippen molar-refractivity contribution < 1.29 is 14.3 Å². The Hall–Kier alpha value is -2.28. The van der Waals surface area contributed by atoms with E-state index in [-0.39, 0.29) is 17.9 Å². The van der Waals surface area contributed by atoms with Gasteiger partial charge in [-0.2, -0.15) is 0 Å². The van der Waals surface area contributed by atoms with Crippen molar-refractivity contribution in [2.24, 2.45) is 10.9 Å². The van der Waals surface area contributed by atoms with Crippen LogP contribution in [0, 0.1) is 5.92 Å². The number of carbonyl (C=O) groups excluding carboxylic acids is 1. The van der Waals surface area contributed by atoms with E-state index in [1.807, 2.05) is 26.1 Å². The Balaban J connectivity index is 2.03. The van der Waals surface area contributed by atoms with Gasteiger partial charge in [-0.05, 0) is 50.6 Å². The van der Waals surface area contributed by atoms with Gasteiger partial charge in [0.25, 0.3) is 0 Å². The number of likely N-dealkylation sites (tertiary alicyclic amines) is 1. The van der Waals surface area contributed by atoms with E-state index in [9.17, 15) is 4.79 Å². The minimum atomic E-state index is -0.0697. The number of hydrogen-bond donors (Lipinski definition) is 1. The van der Waals surface area contributed by atoms with Gasteiger partial charge in [0.1, 0.15) is 5.75 Å². The van der Waals surface area contributed by atoms with Gasteiger partial charge in [0.05, 0.1) is 25.7 Å². The third kappa shape index (κ3) is 6.36. The second-order valence-corrected chi connectivity index (χ2v) is 7.46. The number of nitrogens with zero attached hydrogens (tertiary/aromatic N) is 3. The summed E-state index contributed by atoms with van der Waals surface area (Å²) in [7, 11) is 3.52. The number of esters is 1. The molecule has 1 heterocycles. The first-order valence-electron chi connectivity index (χ1n) is 11.1. The van der Waals surface area contributed by atoms with Crippen LogP contribution in [0.2, 0.25) is 0 Å². The van der Waals surface area contributed by atoms with Gasteiger partial charge in [0.15, 0.2) is 5.96 Å². The molecule has 0 amide bonds. The number of likely N-dealkylation sites (N-methyl/N-ethyl adjacent to an activating group) is 1. The Morgan fingerprint density at radius 2 is 1.97 bits per heavy atom. The molecule has 168 valence electrons. The molecule has 1 aromatic carbocycles. The van der Waals surface area contributed by atoms with Crippen LogP contribution in [0.5, 0.6) is 5.75 Å². The zero-order valence-corrected chi connectivity index (χ0v) is 19.2. The molecule has 1 aromatic rings.